The first kappa shape index (κ1) is 17.8. The van der Waals surface area contributed by atoms with Crippen molar-refractivity contribution < 1.29 is 4.79 Å². The molecule has 3 heterocycles. The topological polar surface area (TPSA) is 49.0 Å². The monoisotopic (exact) mass is 361 g/mol. The maximum absolute atomic E-state index is 12.6. The molecule has 0 unspecified atom stereocenters. The minimum Gasteiger partial charge on any atom is -0.360 e. The Morgan fingerprint density at radius 1 is 1.15 bits per heavy atom. The molecule has 2 aromatic heterocycles. The summed E-state index contributed by atoms with van der Waals surface area (Å²) < 4.78 is 0. The van der Waals surface area contributed by atoms with Crippen molar-refractivity contribution in [3.05, 3.63) is 65.5 Å². The standard InChI is InChI=1S/C23H27N3O/c1-2-17-5-7-18(8-6-17)9-10-22(27)26-14-11-19(12-15-26)20-16-25-21-4-3-13-24-23(20)21/h3-8,13,16,19,25H,2,9-12,14-15H2,1H3. The van der Waals surface area contributed by atoms with Gasteiger partial charge in [0.1, 0.15) is 0 Å². The summed E-state index contributed by atoms with van der Waals surface area (Å²) in [7, 11) is 0. The van der Waals surface area contributed by atoms with E-state index < -0.39 is 0 Å². The summed E-state index contributed by atoms with van der Waals surface area (Å²) >= 11 is 0. The molecular formula is C23H27N3O. The lowest BCUT2D eigenvalue weighted by Gasteiger charge is -2.32. The largest absolute Gasteiger partial charge is 0.360 e. The van der Waals surface area contributed by atoms with Gasteiger partial charge in [-0.2, -0.15) is 0 Å². The average Bonchev–Trinajstić information content (AvgIpc) is 3.16. The summed E-state index contributed by atoms with van der Waals surface area (Å²) in [5.41, 5.74) is 6.07. The van der Waals surface area contributed by atoms with Crippen LogP contribution in [0.1, 0.15) is 48.8 Å². The molecule has 1 aromatic carbocycles. The molecule has 4 heteroatoms. The van der Waals surface area contributed by atoms with Gasteiger partial charge in [-0.3, -0.25) is 9.78 Å². The highest BCUT2D eigenvalue weighted by Gasteiger charge is 2.25. The van der Waals surface area contributed by atoms with E-state index >= 15 is 0 Å². The molecule has 3 aromatic rings. The zero-order valence-corrected chi connectivity index (χ0v) is 15.9. The number of nitrogens with zero attached hydrogens (tertiary/aromatic N) is 2. The highest BCUT2D eigenvalue weighted by Crippen LogP contribution is 2.32. The fraction of sp³-hybridized carbons (Fsp3) is 0.391. The first-order chi connectivity index (χ1) is 13.2. The van der Waals surface area contributed by atoms with Gasteiger partial charge < -0.3 is 9.88 Å². The first-order valence-electron chi connectivity index (χ1n) is 10.0. The number of pyridine rings is 1. The van der Waals surface area contributed by atoms with Crippen molar-refractivity contribution in [2.24, 2.45) is 0 Å². The fourth-order valence-electron chi connectivity index (χ4n) is 4.08. The van der Waals surface area contributed by atoms with Crippen molar-refractivity contribution >= 4 is 16.9 Å². The van der Waals surface area contributed by atoms with E-state index in [0.29, 0.717) is 12.3 Å². The smallest absolute Gasteiger partial charge is 0.222 e. The third kappa shape index (κ3) is 3.90. The lowest BCUT2D eigenvalue weighted by molar-refractivity contribution is -0.132. The Hall–Kier alpha value is -2.62. The number of fused-ring (bicyclic) bond motifs is 1. The Bertz CT molecular complexity index is 905. The van der Waals surface area contributed by atoms with Crippen LogP contribution in [0.4, 0.5) is 0 Å². The third-order valence-electron chi connectivity index (χ3n) is 5.81. The molecule has 140 valence electrons. The van der Waals surface area contributed by atoms with E-state index in [1.54, 1.807) is 0 Å². The number of hydrogen-bond donors (Lipinski definition) is 1. The van der Waals surface area contributed by atoms with Crippen LogP contribution in [0.2, 0.25) is 0 Å². The summed E-state index contributed by atoms with van der Waals surface area (Å²) in [6, 6.07) is 12.7. The number of rotatable bonds is 5. The second kappa shape index (κ2) is 7.95. The summed E-state index contributed by atoms with van der Waals surface area (Å²) in [5.74, 6) is 0.768. The number of benzene rings is 1. The second-order valence-corrected chi connectivity index (χ2v) is 7.47. The number of carbonyl (C=O) groups excluding carboxylic acids is 1. The van der Waals surface area contributed by atoms with E-state index in [2.05, 4.69) is 53.4 Å². The zero-order chi connectivity index (χ0) is 18.6. The lowest BCUT2D eigenvalue weighted by atomic mass is 9.90. The van der Waals surface area contributed by atoms with E-state index in [1.165, 1.54) is 16.7 Å². The van der Waals surface area contributed by atoms with Crippen molar-refractivity contribution in [2.75, 3.05) is 13.1 Å². The molecule has 0 atom stereocenters. The molecule has 1 amide bonds. The predicted molar refractivity (Wildman–Crippen MR) is 109 cm³/mol. The molecule has 1 fully saturated rings. The second-order valence-electron chi connectivity index (χ2n) is 7.47. The number of nitrogens with one attached hydrogen (secondary N) is 1. The van der Waals surface area contributed by atoms with E-state index in [9.17, 15) is 4.79 Å². The number of piperidine rings is 1. The molecule has 0 spiro atoms. The summed E-state index contributed by atoms with van der Waals surface area (Å²) in [5, 5.41) is 0. The van der Waals surface area contributed by atoms with Gasteiger partial charge in [0.2, 0.25) is 5.91 Å². The van der Waals surface area contributed by atoms with Crippen LogP contribution in [0, 0.1) is 0 Å². The van der Waals surface area contributed by atoms with Crippen LogP contribution in [0.15, 0.2) is 48.8 Å². The van der Waals surface area contributed by atoms with Crippen LogP contribution in [0.5, 0.6) is 0 Å². The number of amides is 1. The van der Waals surface area contributed by atoms with Crippen LogP contribution in [-0.2, 0) is 17.6 Å². The van der Waals surface area contributed by atoms with Gasteiger partial charge >= 0.3 is 0 Å². The Morgan fingerprint density at radius 2 is 1.89 bits per heavy atom. The van der Waals surface area contributed by atoms with Gasteiger partial charge in [0.05, 0.1) is 11.0 Å². The van der Waals surface area contributed by atoms with Crippen molar-refractivity contribution in [2.45, 2.75) is 44.9 Å². The third-order valence-corrected chi connectivity index (χ3v) is 5.81. The number of likely N-dealkylation sites (tertiary alicyclic amines) is 1. The number of aromatic amines is 1. The molecule has 1 saturated heterocycles. The number of carbonyl (C=O) groups is 1. The molecule has 0 bridgehead atoms. The first-order valence-corrected chi connectivity index (χ1v) is 10.0. The van der Waals surface area contributed by atoms with Gasteiger partial charge in [0, 0.05) is 31.9 Å². The van der Waals surface area contributed by atoms with Crippen molar-refractivity contribution in [3.8, 4) is 0 Å². The van der Waals surface area contributed by atoms with Gasteiger partial charge in [0.15, 0.2) is 0 Å². The molecule has 1 aliphatic rings. The molecule has 4 nitrogen and oxygen atoms in total. The Balaban J connectivity index is 1.31. The normalized spacial score (nSPS) is 15.4. The molecule has 1 N–H and O–H groups in total. The highest BCUT2D eigenvalue weighted by molar-refractivity contribution is 5.79. The Morgan fingerprint density at radius 3 is 2.63 bits per heavy atom. The molecule has 1 aliphatic heterocycles. The SMILES string of the molecule is CCc1ccc(CCC(=O)N2CCC(c3c[nH]c4cccnc34)CC2)cc1. The predicted octanol–water partition coefficient (Wildman–Crippen LogP) is 4.46. The van der Waals surface area contributed by atoms with Crippen LogP contribution >= 0.6 is 0 Å². The lowest BCUT2D eigenvalue weighted by Crippen LogP contribution is -2.38. The molecule has 4 rings (SSSR count). The van der Waals surface area contributed by atoms with E-state index in [0.717, 1.165) is 49.8 Å². The summed E-state index contributed by atoms with van der Waals surface area (Å²) in [6.45, 7) is 3.85. The number of aromatic nitrogens is 2. The van der Waals surface area contributed by atoms with Crippen LogP contribution in [-0.4, -0.2) is 33.9 Å². The Kier molecular flexibility index (Phi) is 5.23. The van der Waals surface area contributed by atoms with Crippen molar-refractivity contribution in [1.29, 1.82) is 0 Å². The number of hydrogen-bond acceptors (Lipinski definition) is 2. The summed E-state index contributed by atoms with van der Waals surface area (Å²) in [6.07, 6.45) is 8.46. The minimum absolute atomic E-state index is 0.282. The van der Waals surface area contributed by atoms with E-state index in [1.807, 2.05) is 17.2 Å². The molecular weight excluding hydrogens is 334 g/mol. The molecule has 0 radical (unpaired) electrons. The maximum atomic E-state index is 12.6. The fourth-order valence-corrected chi connectivity index (χ4v) is 4.08. The zero-order valence-electron chi connectivity index (χ0n) is 15.9. The number of aryl methyl sites for hydroxylation is 2. The van der Waals surface area contributed by atoms with Crippen LogP contribution in [0.3, 0.4) is 0 Å². The minimum atomic E-state index is 0.282. The van der Waals surface area contributed by atoms with Crippen molar-refractivity contribution in [3.63, 3.8) is 0 Å². The quantitative estimate of drug-likeness (QED) is 0.729. The van der Waals surface area contributed by atoms with Gasteiger partial charge in [-0.25, -0.2) is 0 Å². The molecule has 0 saturated carbocycles. The van der Waals surface area contributed by atoms with Crippen LogP contribution in [0.25, 0.3) is 11.0 Å². The van der Waals surface area contributed by atoms with Crippen LogP contribution < -0.4 is 0 Å². The average molecular weight is 361 g/mol. The molecule has 0 aliphatic carbocycles. The van der Waals surface area contributed by atoms with E-state index in [4.69, 9.17) is 0 Å². The maximum Gasteiger partial charge on any atom is 0.222 e. The van der Waals surface area contributed by atoms with Gasteiger partial charge in [-0.1, -0.05) is 31.2 Å². The molecule has 27 heavy (non-hydrogen) atoms. The van der Waals surface area contributed by atoms with Gasteiger partial charge in [0.25, 0.3) is 0 Å². The number of H-pyrrole nitrogens is 1. The Labute approximate surface area is 160 Å². The van der Waals surface area contributed by atoms with Crippen molar-refractivity contribution in [1.82, 2.24) is 14.9 Å². The summed E-state index contributed by atoms with van der Waals surface area (Å²) in [4.78, 5) is 22.5. The van der Waals surface area contributed by atoms with E-state index in [-0.39, 0.29) is 5.91 Å². The van der Waals surface area contributed by atoms with Gasteiger partial charge in [-0.05, 0) is 60.4 Å². The highest BCUT2D eigenvalue weighted by atomic mass is 16.2. The van der Waals surface area contributed by atoms with Gasteiger partial charge in [-0.15, -0.1) is 0 Å².